The van der Waals surface area contributed by atoms with Gasteiger partial charge in [0.2, 0.25) is 15.9 Å². The molecule has 4 N–H and O–H groups in total. The van der Waals surface area contributed by atoms with Crippen molar-refractivity contribution in [3.8, 4) is 0 Å². The van der Waals surface area contributed by atoms with E-state index in [1.54, 1.807) is 32.0 Å². The Balaban J connectivity index is 3.15. The lowest BCUT2D eigenvalue weighted by atomic mass is 10.2. The zero-order valence-corrected chi connectivity index (χ0v) is 15.4. The van der Waals surface area contributed by atoms with Gasteiger partial charge < -0.3 is 16.4 Å². The van der Waals surface area contributed by atoms with E-state index in [9.17, 15) is 13.2 Å². The molecule has 0 heterocycles. The number of unbranched alkanes of at least 4 members (excludes halogenated alkanes) is 1. The standard InChI is InChI=1S/C16H28N4O3S/c1-4-7-10-18-14-9-8-13(11-15(14)19-12-16(17)21)24(22,23)20(5-2)6-3/h8-9,11,18-19H,4-7,10,12H2,1-3H3,(H2,17,21). The first-order chi connectivity index (χ1) is 11.4. The van der Waals surface area contributed by atoms with E-state index >= 15 is 0 Å². The number of primary amides is 1. The highest BCUT2D eigenvalue weighted by atomic mass is 32.2. The Morgan fingerprint density at radius 1 is 1.12 bits per heavy atom. The minimum absolute atomic E-state index is 0.0583. The average Bonchev–Trinajstić information content (AvgIpc) is 2.54. The van der Waals surface area contributed by atoms with Gasteiger partial charge in [-0.2, -0.15) is 4.31 Å². The van der Waals surface area contributed by atoms with E-state index in [1.807, 2.05) is 0 Å². The SMILES string of the molecule is CCCCNc1ccc(S(=O)(=O)N(CC)CC)cc1NCC(N)=O. The number of nitrogens with zero attached hydrogens (tertiary/aromatic N) is 1. The van der Waals surface area contributed by atoms with Gasteiger partial charge in [0, 0.05) is 19.6 Å². The molecule has 0 saturated carbocycles. The van der Waals surface area contributed by atoms with Crippen LogP contribution in [0.5, 0.6) is 0 Å². The lowest BCUT2D eigenvalue weighted by Crippen LogP contribution is -2.30. The molecule has 1 aromatic rings. The van der Waals surface area contributed by atoms with Crippen molar-refractivity contribution in [3.05, 3.63) is 18.2 Å². The maximum Gasteiger partial charge on any atom is 0.243 e. The molecular weight excluding hydrogens is 328 g/mol. The van der Waals surface area contributed by atoms with Crippen LogP contribution in [0.4, 0.5) is 11.4 Å². The zero-order chi connectivity index (χ0) is 18.2. The molecule has 0 saturated heterocycles. The summed E-state index contributed by atoms with van der Waals surface area (Å²) < 4.78 is 26.7. The van der Waals surface area contributed by atoms with Crippen LogP contribution in [0.15, 0.2) is 23.1 Å². The molecule has 0 fully saturated rings. The van der Waals surface area contributed by atoms with E-state index in [0.29, 0.717) is 18.8 Å². The molecule has 8 heteroatoms. The molecule has 0 radical (unpaired) electrons. The maximum absolute atomic E-state index is 12.6. The Kier molecular flexibility index (Phi) is 8.00. The molecule has 0 aromatic heterocycles. The summed E-state index contributed by atoms with van der Waals surface area (Å²) in [5.41, 5.74) is 6.49. The fourth-order valence-corrected chi connectivity index (χ4v) is 3.76. The number of carbonyl (C=O) groups is 1. The van der Waals surface area contributed by atoms with Gasteiger partial charge in [-0.3, -0.25) is 4.79 Å². The molecular formula is C16H28N4O3S. The molecule has 1 rings (SSSR count). The van der Waals surface area contributed by atoms with Gasteiger partial charge in [0.15, 0.2) is 0 Å². The van der Waals surface area contributed by atoms with E-state index in [4.69, 9.17) is 5.73 Å². The van der Waals surface area contributed by atoms with Crippen LogP contribution in [0.1, 0.15) is 33.6 Å². The van der Waals surface area contributed by atoms with E-state index in [2.05, 4.69) is 17.6 Å². The van der Waals surface area contributed by atoms with Crippen molar-refractivity contribution in [1.29, 1.82) is 0 Å². The topological polar surface area (TPSA) is 105 Å². The monoisotopic (exact) mass is 356 g/mol. The van der Waals surface area contributed by atoms with Crippen LogP contribution in [-0.4, -0.2) is 44.8 Å². The summed E-state index contributed by atoms with van der Waals surface area (Å²) in [6.45, 7) is 7.20. The fraction of sp³-hybridized carbons (Fsp3) is 0.562. The van der Waals surface area contributed by atoms with Crippen molar-refractivity contribution in [2.24, 2.45) is 5.73 Å². The van der Waals surface area contributed by atoms with Gasteiger partial charge in [-0.1, -0.05) is 27.2 Å². The number of amides is 1. The zero-order valence-electron chi connectivity index (χ0n) is 14.6. The minimum atomic E-state index is -3.55. The first kappa shape index (κ1) is 20.2. The second kappa shape index (κ2) is 9.48. The Hall–Kier alpha value is -1.80. The lowest BCUT2D eigenvalue weighted by Gasteiger charge is -2.20. The number of rotatable bonds is 11. The van der Waals surface area contributed by atoms with Crippen molar-refractivity contribution in [1.82, 2.24) is 4.31 Å². The molecule has 0 unspecified atom stereocenters. The molecule has 24 heavy (non-hydrogen) atoms. The van der Waals surface area contributed by atoms with E-state index in [1.165, 1.54) is 4.31 Å². The van der Waals surface area contributed by atoms with Crippen molar-refractivity contribution in [3.63, 3.8) is 0 Å². The third kappa shape index (κ3) is 5.38. The van der Waals surface area contributed by atoms with Gasteiger partial charge in [0.1, 0.15) is 0 Å². The molecule has 0 spiro atoms. The maximum atomic E-state index is 12.6. The number of benzene rings is 1. The predicted octanol–water partition coefficient (Wildman–Crippen LogP) is 1.83. The Morgan fingerprint density at radius 3 is 2.33 bits per heavy atom. The van der Waals surface area contributed by atoms with Crippen molar-refractivity contribution < 1.29 is 13.2 Å². The summed E-state index contributed by atoms with van der Waals surface area (Å²) in [6, 6.07) is 4.84. The fourth-order valence-electron chi connectivity index (χ4n) is 2.28. The van der Waals surface area contributed by atoms with E-state index in [0.717, 1.165) is 25.1 Å². The minimum Gasteiger partial charge on any atom is -0.383 e. The summed E-state index contributed by atoms with van der Waals surface area (Å²) in [5, 5.41) is 6.16. The summed E-state index contributed by atoms with van der Waals surface area (Å²) in [6.07, 6.45) is 2.04. The van der Waals surface area contributed by atoms with Gasteiger partial charge in [-0.25, -0.2) is 8.42 Å². The second-order valence-electron chi connectivity index (χ2n) is 5.40. The third-order valence-corrected chi connectivity index (χ3v) is 5.68. The van der Waals surface area contributed by atoms with Gasteiger partial charge in [-0.15, -0.1) is 0 Å². The summed E-state index contributed by atoms with van der Waals surface area (Å²) >= 11 is 0. The van der Waals surface area contributed by atoms with Gasteiger partial charge in [-0.05, 0) is 24.6 Å². The molecule has 1 amide bonds. The first-order valence-corrected chi connectivity index (χ1v) is 9.71. The van der Waals surface area contributed by atoms with Crippen molar-refractivity contribution in [2.75, 3.05) is 36.8 Å². The normalized spacial score (nSPS) is 11.5. The molecule has 0 aliphatic carbocycles. The molecule has 136 valence electrons. The number of hydrogen-bond donors (Lipinski definition) is 3. The van der Waals surface area contributed by atoms with E-state index in [-0.39, 0.29) is 11.4 Å². The molecule has 7 nitrogen and oxygen atoms in total. The Bertz CT molecular complexity index is 643. The number of nitrogens with two attached hydrogens (primary N) is 1. The number of sulfonamides is 1. The number of nitrogens with one attached hydrogen (secondary N) is 2. The highest BCUT2D eigenvalue weighted by Crippen LogP contribution is 2.27. The van der Waals surface area contributed by atoms with Crippen molar-refractivity contribution >= 4 is 27.3 Å². The first-order valence-electron chi connectivity index (χ1n) is 8.27. The van der Waals surface area contributed by atoms with Gasteiger partial charge >= 0.3 is 0 Å². The van der Waals surface area contributed by atoms with Crippen LogP contribution in [0, 0.1) is 0 Å². The largest absolute Gasteiger partial charge is 0.383 e. The molecule has 0 aliphatic rings. The van der Waals surface area contributed by atoms with Crippen LogP contribution >= 0.6 is 0 Å². The highest BCUT2D eigenvalue weighted by molar-refractivity contribution is 7.89. The van der Waals surface area contributed by atoms with Crippen LogP contribution in [0.25, 0.3) is 0 Å². The lowest BCUT2D eigenvalue weighted by molar-refractivity contribution is -0.116. The Labute approximate surface area is 144 Å². The number of anilines is 2. The smallest absolute Gasteiger partial charge is 0.243 e. The molecule has 0 aliphatic heterocycles. The molecule has 0 atom stereocenters. The number of hydrogen-bond acceptors (Lipinski definition) is 5. The van der Waals surface area contributed by atoms with Crippen LogP contribution in [0.3, 0.4) is 0 Å². The van der Waals surface area contributed by atoms with Gasteiger partial charge in [0.25, 0.3) is 0 Å². The van der Waals surface area contributed by atoms with Crippen LogP contribution in [-0.2, 0) is 14.8 Å². The highest BCUT2D eigenvalue weighted by Gasteiger charge is 2.22. The van der Waals surface area contributed by atoms with Crippen LogP contribution < -0.4 is 16.4 Å². The second-order valence-corrected chi connectivity index (χ2v) is 7.33. The molecule has 0 bridgehead atoms. The number of carbonyl (C=O) groups excluding carboxylic acids is 1. The van der Waals surface area contributed by atoms with Gasteiger partial charge in [0.05, 0.1) is 22.8 Å². The summed E-state index contributed by atoms with van der Waals surface area (Å²) in [5.74, 6) is -0.508. The van der Waals surface area contributed by atoms with E-state index < -0.39 is 15.9 Å². The Morgan fingerprint density at radius 2 is 1.79 bits per heavy atom. The third-order valence-electron chi connectivity index (χ3n) is 3.63. The average molecular weight is 356 g/mol. The summed E-state index contributed by atoms with van der Waals surface area (Å²) in [7, 11) is -3.55. The van der Waals surface area contributed by atoms with Crippen molar-refractivity contribution in [2.45, 2.75) is 38.5 Å². The predicted molar refractivity (Wildman–Crippen MR) is 97.6 cm³/mol. The van der Waals surface area contributed by atoms with Crippen LogP contribution in [0.2, 0.25) is 0 Å². The quantitative estimate of drug-likeness (QED) is 0.525. The summed E-state index contributed by atoms with van der Waals surface area (Å²) in [4.78, 5) is 11.2. The molecule has 1 aromatic carbocycles.